The van der Waals surface area contributed by atoms with E-state index < -0.39 is 0 Å². The van der Waals surface area contributed by atoms with Gasteiger partial charge in [0.2, 0.25) is 5.91 Å². The van der Waals surface area contributed by atoms with E-state index in [0.29, 0.717) is 38.2 Å². The van der Waals surface area contributed by atoms with Gasteiger partial charge < -0.3 is 14.4 Å². The lowest BCUT2D eigenvalue weighted by molar-refractivity contribution is -0.131. The molecule has 150 valence electrons. The second-order valence-corrected chi connectivity index (χ2v) is 7.57. The first-order valence-electron chi connectivity index (χ1n) is 10.1. The molecule has 1 aliphatic heterocycles. The van der Waals surface area contributed by atoms with Gasteiger partial charge in [-0.05, 0) is 36.6 Å². The average molecular weight is 390 g/mol. The lowest BCUT2D eigenvalue weighted by Crippen LogP contribution is -2.37. The molecule has 6 heteroatoms. The second kappa shape index (κ2) is 8.47. The summed E-state index contributed by atoms with van der Waals surface area (Å²) in [7, 11) is 1.94. The summed E-state index contributed by atoms with van der Waals surface area (Å²) in [6.07, 6.45) is 3.82. The summed E-state index contributed by atoms with van der Waals surface area (Å²) in [6, 6.07) is 15.7. The summed E-state index contributed by atoms with van der Waals surface area (Å²) in [5.41, 5.74) is 3.66. The highest BCUT2D eigenvalue weighted by Gasteiger charge is 2.23. The number of carbonyl (C=O) groups is 2. The Kier molecular flexibility index (Phi) is 5.60. The van der Waals surface area contributed by atoms with E-state index >= 15 is 0 Å². The molecule has 0 spiro atoms. The number of fused-ring (bicyclic) bond motifs is 1. The summed E-state index contributed by atoms with van der Waals surface area (Å²) < 4.78 is 1.94. The van der Waals surface area contributed by atoms with Gasteiger partial charge in [-0.2, -0.15) is 0 Å². The molecule has 0 aliphatic carbocycles. The minimum absolute atomic E-state index is 0.0103. The highest BCUT2D eigenvalue weighted by molar-refractivity contribution is 5.97. The van der Waals surface area contributed by atoms with Crippen molar-refractivity contribution in [3.05, 3.63) is 66.0 Å². The van der Waals surface area contributed by atoms with Gasteiger partial charge in [0.05, 0.1) is 17.4 Å². The summed E-state index contributed by atoms with van der Waals surface area (Å²) >= 11 is 0. The first kappa shape index (κ1) is 19.2. The van der Waals surface area contributed by atoms with Crippen LogP contribution in [0, 0.1) is 0 Å². The fraction of sp³-hybridized carbons (Fsp3) is 0.348. The van der Waals surface area contributed by atoms with Crippen molar-refractivity contribution < 1.29 is 9.59 Å². The smallest absolute Gasteiger partial charge is 0.253 e. The first-order chi connectivity index (χ1) is 14.1. The molecule has 29 heavy (non-hydrogen) atoms. The van der Waals surface area contributed by atoms with Crippen molar-refractivity contribution in [2.45, 2.75) is 19.3 Å². The molecule has 0 atom stereocenters. The van der Waals surface area contributed by atoms with Crippen molar-refractivity contribution in [2.24, 2.45) is 7.05 Å². The van der Waals surface area contributed by atoms with Crippen molar-refractivity contribution in [3.63, 3.8) is 0 Å². The molecule has 0 N–H and O–H groups in total. The Bertz CT molecular complexity index is 1010. The van der Waals surface area contributed by atoms with Gasteiger partial charge in [0.1, 0.15) is 0 Å². The predicted octanol–water partition coefficient (Wildman–Crippen LogP) is 2.88. The molecule has 0 saturated carbocycles. The number of hydrogen-bond donors (Lipinski definition) is 0. The Morgan fingerprint density at radius 1 is 0.966 bits per heavy atom. The zero-order chi connectivity index (χ0) is 20.2. The number of nitrogens with zero attached hydrogens (tertiary/aromatic N) is 4. The van der Waals surface area contributed by atoms with Crippen LogP contribution in [0.2, 0.25) is 0 Å². The van der Waals surface area contributed by atoms with Gasteiger partial charge in [-0.3, -0.25) is 9.59 Å². The number of amides is 2. The highest BCUT2D eigenvalue weighted by Crippen LogP contribution is 2.17. The van der Waals surface area contributed by atoms with Gasteiger partial charge in [0.15, 0.2) is 0 Å². The van der Waals surface area contributed by atoms with E-state index in [1.54, 1.807) is 6.33 Å². The van der Waals surface area contributed by atoms with Crippen molar-refractivity contribution in [3.8, 4) is 0 Å². The molecular weight excluding hydrogens is 364 g/mol. The van der Waals surface area contributed by atoms with Crippen LogP contribution in [-0.2, 0) is 18.3 Å². The predicted molar refractivity (Wildman–Crippen MR) is 113 cm³/mol. The Morgan fingerprint density at radius 3 is 2.55 bits per heavy atom. The van der Waals surface area contributed by atoms with Gasteiger partial charge in [-0.15, -0.1) is 0 Å². The van der Waals surface area contributed by atoms with Gasteiger partial charge >= 0.3 is 0 Å². The lowest BCUT2D eigenvalue weighted by atomic mass is 10.1. The van der Waals surface area contributed by atoms with Gasteiger partial charge in [0.25, 0.3) is 5.91 Å². The van der Waals surface area contributed by atoms with E-state index in [4.69, 9.17) is 0 Å². The van der Waals surface area contributed by atoms with Gasteiger partial charge in [-0.25, -0.2) is 4.98 Å². The average Bonchev–Trinajstić information content (AvgIpc) is 2.96. The van der Waals surface area contributed by atoms with Crippen molar-refractivity contribution >= 4 is 22.8 Å². The molecule has 0 unspecified atom stereocenters. The molecule has 1 saturated heterocycles. The minimum Gasteiger partial charge on any atom is -0.341 e. The number of imidazole rings is 1. The number of hydrogen-bond acceptors (Lipinski definition) is 3. The molecule has 1 fully saturated rings. The maximum absolute atomic E-state index is 13.0. The summed E-state index contributed by atoms with van der Waals surface area (Å²) in [5.74, 6) is 0.175. The van der Waals surface area contributed by atoms with Gasteiger partial charge in [-0.1, -0.05) is 30.3 Å². The third kappa shape index (κ3) is 4.31. The van der Waals surface area contributed by atoms with Crippen LogP contribution in [0.1, 0.15) is 28.8 Å². The normalized spacial score (nSPS) is 14.8. The molecule has 2 amide bonds. The molecule has 4 rings (SSSR count). The maximum Gasteiger partial charge on any atom is 0.253 e. The summed E-state index contributed by atoms with van der Waals surface area (Å²) in [6.45, 7) is 2.53. The van der Waals surface area contributed by atoms with Gasteiger partial charge in [0, 0.05) is 45.2 Å². The van der Waals surface area contributed by atoms with E-state index in [2.05, 4.69) is 17.1 Å². The van der Waals surface area contributed by atoms with E-state index in [9.17, 15) is 9.59 Å². The van der Waals surface area contributed by atoms with Crippen molar-refractivity contribution in [1.82, 2.24) is 19.4 Å². The third-order valence-corrected chi connectivity index (χ3v) is 5.58. The molecule has 6 nitrogen and oxygen atoms in total. The quantitative estimate of drug-likeness (QED) is 0.688. The van der Waals surface area contributed by atoms with Crippen LogP contribution in [-0.4, -0.2) is 57.3 Å². The molecule has 2 heterocycles. The number of carbonyl (C=O) groups excluding carboxylic acids is 2. The molecule has 1 aliphatic rings. The van der Waals surface area contributed by atoms with Crippen LogP contribution in [0.15, 0.2) is 54.9 Å². The standard InChI is InChI=1S/C23H26N4O2/c1-25-17-24-20-16-19(9-10-21(20)25)23(29)27-13-5-12-26(14-15-27)22(28)11-8-18-6-3-2-4-7-18/h2-4,6-7,9-10,16-17H,5,8,11-15H2,1H3. The van der Waals surface area contributed by atoms with Crippen LogP contribution in [0.25, 0.3) is 11.0 Å². The largest absolute Gasteiger partial charge is 0.341 e. The van der Waals surface area contributed by atoms with E-state index in [0.717, 1.165) is 23.9 Å². The van der Waals surface area contributed by atoms with Crippen molar-refractivity contribution in [1.29, 1.82) is 0 Å². The molecule has 1 aromatic heterocycles. The fourth-order valence-corrected chi connectivity index (χ4v) is 3.88. The van der Waals surface area contributed by atoms with E-state index in [-0.39, 0.29) is 11.8 Å². The molecule has 0 radical (unpaired) electrons. The first-order valence-corrected chi connectivity index (χ1v) is 10.1. The summed E-state index contributed by atoms with van der Waals surface area (Å²) in [4.78, 5) is 33.7. The molecular formula is C23H26N4O2. The lowest BCUT2D eigenvalue weighted by Gasteiger charge is -2.22. The Balaban J connectivity index is 1.36. The SMILES string of the molecule is Cn1cnc2cc(C(=O)N3CCCN(C(=O)CCc4ccccc4)CC3)ccc21. The maximum atomic E-state index is 13.0. The highest BCUT2D eigenvalue weighted by atomic mass is 16.2. The monoisotopic (exact) mass is 390 g/mol. The molecule has 3 aromatic rings. The Hall–Kier alpha value is -3.15. The van der Waals surface area contributed by atoms with Crippen LogP contribution < -0.4 is 0 Å². The van der Waals surface area contributed by atoms with Crippen LogP contribution in [0.5, 0.6) is 0 Å². The molecule has 0 bridgehead atoms. The zero-order valence-electron chi connectivity index (χ0n) is 16.8. The van der Waals surface area contributed by atoms with Crippen molar-refractivity contribution in [2.75, 3.05) is 26.2 Å². The molecule has 2 aromatic carbocycles. The Morgan fingerprint density at radius 2 is 1.72 bits per heavy atom. The topological polar surface area (TPSA) is 58.4 Å². The third-order valence-electron chi connectivity index (χ3n) is 5.58. The van der Waals surface area contributed by atoms with Crippen LogP contribution in [0.3, 0.4) is 0 Å². The second-order valence-electron chi connectivity index (χ2n) is 7.57. The number of aryl methyl sites for hydroxylation is 2. The van der Waals surface area contributed by atoms with Crippen LogP contribution >= 0.6 is 0 Å². The summed E-state index contributed by atoms with van der Waals surface area (Å²) in [5, 5.41) is 0. The zero-order valence-corrected chi connectivity index (χ0v) is 16.8. The van der Waals surface area contributed by atoms with E-state index in [1.165, 1.54) is 5.56 Å². The number of rotatable bonds is 4. The van der Waals surface area contributed by atoms with Crippen LogP contribution in [0.4, 0.5) is 0 Å². The van der Waals surface area contributed by atoms with E-state index in [1.807, 2.05) is 57.8 Å². The Labute approximate surface area is 170 Å². The number of aromatic nitrogens is 2. The minimum atomic E-state index is 0.0103. The fourth-order valence-electron chi connectivity index (χ4n) is 3.88. The number of benzene rings is 2.